The quantitative estimate of drug-likeness (QED) is 0.875. The lowest BCUT2D eigenvalue weighted by Gasteiger charge is -2.07. The van der Waals surface area contributed by atoms with Crippen LogP contribution in [0.2, 0.25) is 0 Å². The number of rotatable bonds is 5. The van der Waals surface area contributed by atoms with Crippen LogP contribution in [0.25, 0.3) is 17.0 Å². The molecule has 100 valence electrons. The molecule has 19 heavy (non-hydrogen) atoms. The van der Waals surface area contributed by atoms with Crippen LogP contribution in [0.3, 0.4) is 0 Å². The molecular weight excluding hydrogens is 232 g/mol. The third-order valence-corrected chi connectivity index (χ3v) is 3.00. The second-order valence-electron chi connectivity index (χ2n) is 5.47. The Morgan fingerprint density at radius 2 is 2.16 bits per heavy atom. The maximum Gasteiger partial charge on any atom is 0.0702 e. The van der Waals surface area contributed by atoms with Gasteiger partial charge in [-0.25, -0.2) is 0 Å². The minimum Gasteiger partial charge on any atom is -0.313 e. The summed E-state index contributed by atoms with van der Waals surface area (Å²) < 4.78 is 0. The molecule has 0 unspecified atom stereocenters. The standard InChI is InChI=1S/C17H22N2/c1-13(2)11-18-12-14(3)9-15-6-7-17-16(10-15)5-4-8-19-17/h4-10,13,18H,11-12H2,1-3H3. The summed E-state index contributed by atoms with van der Waals surface area (Å²) >= 11 is 0. The molecule has 1 aromatic heterocycles. The van der Waals surface area contributed by atoms with Crippen LogP contribution in [0.15, 0.2) is 42.1 Å². The van der Waals surface area contributed by atoms with Gasteiger partial charge >= 0.3 is 0 Å². The lowest BCUT2D eigenvalue weighted by molar-refractivity contribution is 0.572. The molecule has 0 fully saturated rings. The Hall–Kier alpha value is -1.67. The van der Waals surface area contributed by atoms with Gasteiger partial charge in [0.2, 0.25) is 0 Å². The Bertz CT molecular complexity index is 570. The normalized spacial score (nSPS) is 12.3. The molecule has 0 aliphatic carbocycles. The third-order valence-electron chi connectivity index (χ3n) is 3.00. The predicted octanol–water partition coefficient (Wildman–Crippen LogP) is 3.88. The van der Waals surface area contributed by atoms with Gasteiger partial charge in [0.15, 0.2) is 0 Å². The van der Waals surface area contributed by atoms with Gasteiger partial charge in [-0.15, -0.1) is 0 Å². The zero-order valence-corrected chi connectivity index (χ0v) is 12.0. The van der Waals surface area contributed by atoms with Crippen LogP contribution in [0.1, 0.15) is 26.3 Å². The first-order valence-corrected chi connectivity index (χ1v) is 6.88. The molecule has 0 radical (unpaired) electrons. The average Bonchev–Trinajstić information content (AvgIpc) is 2.38. The molecule has 2 heteroatoms. The lowest BCUT2D eigenvalue weighted by atomic mass is 10.1. The first kappa shape index (κ1) is 13.8. The van der Waals surface area contributed by atoms with Crippen molar-refractivity contribution >= 4 is 17.0 Å². The summed E-state index contributed by atoms with van der Waals surface area (Å²) in [6.07, 6.45) is 4.07. The van der Waals surface area contributed by atoms with E-state index in [1.165, 1.54) is 16.5 Å². The highest BCUT2D eigenvalue weighted by atomic mass is 14.8. The smallest absolute Gasteiger partial charge is 0.0702 e. The zero-order valence-electron chi connectivity index (χ0n) is 12.0. The summed E-state index contributed by atoms with van der Waals surface area (Å²) in [4.78, 5) is 4.34. The highest BCUT2D eigenvalue weighted by Crippen LogP contribution is 2.15. The monoisotopic (exact) mass is 254 g/mol. The van der Waals surface area contributed by atoms with Gasteiger partial charge in [0.25, 0.3) is 0 Å². The molecule has 2 aromatic rings. The van der Waals surface area contributed by atoms with Gasteiger partial charge in [-0.2, -0.15) is 0 Å². The molecule has 2 rings (SSSR count). The van der Waals surface area contributed by atoms with Crippen LogP contribution < -0.4 is 5.32 Å². The highest BCUT2D eigenvalue weighted by molar-refractivity contribution is 5.81. The van der Waals surface area contributed by atoms with Crippen LogP contribution in [0.5, 0.6) is 0 Å². The molecule has 0 saturated carbocycles. The van der Waals surface area contributed by atoms with Crippen molar-refractivity contribution in [3.8, 4) is 0 Å². The fraction of sp³-hybridized carbons (Fsp3) is 0.353. The third kappa shape index (κ3) is 4.18. The Kier molecular flexibility index (Phi) is 4.69. The zero-order chi connectivity index (χ0) is 13.7. The van der Waals surface area contributed by atoms with Crippen LogP contribution in [0.4, 0.5) is 0 Å². The van der Waals surface area contributed by atoms with E-state index in [0.29, 0.717) is 5.92 Å². The van der Waals surface area contributed by atoms with Gasteiger partial charge < -0.3 is 5.32 Å². The fourth-order valence-corrected chi connectivity index (χ4v) is 2.08. The van der Waals surface area contributed by atoms with Crippen molar-refractivity contribution in [1.29, 1.82) is 0 Å². The largest absolute Gasteiger partial charge is 0.313 e. The number of fused-ring (bicyclic) bond motifs is 1. The first-order chi connectivity index (χ1) is 9.15. The van der Waals surface area contributed by atoms with Crippen LogP contribution in [-0.4, -0.2) is 18.1 Å². The van der Waals surface area contributed by atoms with E-state index in [2.05, 4.69) is 61.4 Å². The minimum atomic E-state index is 0.694. The Morgan fingerprint density at radius 1 is 1.32 bits per heavy atom. The summed E-state index contributed by atoms with van der Waals surface area (Å²) in [5.74, 6) is 0.694. The molecule has 2 nitrogen and oxygen atoms in total. The fourth-order valence-electron chi connectivity index (χ4n) is 2.08. The van der Waals surface area contributed by atoms with Crippen LogP contribution in [0, 0.1) is 5.92 Å². The maximum absolute atomic E-state index is 4.34. The van der Waals surface area contributed by atoms with E-state index >= 15 is 0 Å². The van der Waals surface area contributed by atoms with E-state index in [-0.39, 0.29) is 0 Å². The number of hydrogen-bond acceptors (Lipinski definition) is 2. The van der Waals surface area contributed by atoms with E-state index < -0.39 is 0 Å². The molecule has 1 heterocycles. The molecule has 0 aliphatic heterocycles. The Balaban J connectivity index is 2.07. The second kappa shape index (κ2) is 6.48. The molecule has 1 aromatic carbocycles. The van der Waals surface area contributed by atoms with E-state index in [4.69, 9.17) is 0 Å². The molecule has 0 saturated heterocycles. The summed E-state index contributed by atoms with van der Waals surface area (Å²) in [6.45, 7) is 8.63. The van der Waals surface area contributed by atoms with Crippen molar-refractivity contribution in [2.24, 2.45) is 5.92 Å². The SMILES string of the molecule is CC(=Cc1ccc2ncccc2c1)CNCC(C)C. The van der Waals surface area contributed by atoms with Gasteiger partial charge in [-0.05, 0) is 43.1 Å². The topological polar surface area (TPSA) is 24.9 Å². The van der Waals surface area contributed by atoms with Gasteiger partial charge in [-0.1, -0.05) is 37.6 Å². The van der Waals surface area contributed by atoms with E-state index in [9.17, 15) is 0 Å². The number of benzene rings is 1. The van der Waals surface area contributed by atoms with E-state index in [1.807, 2.05) is 12.3 Å². The summed E-state index contributed by atoms with van der Waals surface area (Å²) in [6, 6.07) is 10.5. The number of pyridine rings is 1. The number of nitrogens with zero attached hydrogens (tertiary/aromatic N) is 1. The van der Waals surface area contributed by atoms with E-state index in [0.717, 1.165) is 18.6 Å². The van der Waals surface area contributed by atoms with Crippen molar-refractivity contribution in [1.82, 2.24) is 10.3 Å². The van der Waals surface area contributed by atoms with Crippen molar-refractivity contribution in [2.45, 2.75) is 20.8 Å². The summed E-state index contributed by atoms with van der Waals surface area (Å²) in [5.41, 5.74) is 3.64. The van der Waals surface area contributed by atoms with Gasteiger partial charge in [0.1, 0.15) is 0 Å². The minimum absolute atomic E-state index is 0.694. The van der Waals surface area contributed by atoms with Gasteiger partial charge in [-0.3, -0.25) is 4.98 Å². The van der Waals surface area contributed by atoms with Gasteiger partial charge in [0.05, 0.1) is 5.52 Å². The number of nitrogens with one attached hydrogen (secondary N) is 1. The Morgan fingerprint density at radius 3 is 2.95 bits per heavy atom. The molecule has 0 atom stereocenters. The molecular formula is C17H22N2. The number of hydrogen-bond donors (Lipinski definition) is 1. The summed E-state index contributed by atoms with van der Waals surface area (Å²) in [5, 5.41) is 4.66. The highest BCUT2D eigenvalue weighted by Gasteiger charge is 1.97. The first-order valence-electron chi connectivity index (χ1n) is 6.88. The van der Waals surface area contributed by atoms with Gasteiger partial charge in [0, 0.05) is 18.1 Å². The molecule has 0 aliphatic rings. The summed E-state index contributed by atoms with van der Waals surface area (Å²) in [7, 11) is 0. The second-order valence-corrected chi connectivity index (χ2v) is 5.47. The lowest BCUT2D eigenvalue weighted by Crippen LogP contribution is -2.21. The molecule has 0 amide bonds. The van der Waals surface area contributed by atoms with Crippen molar-refractivity contribution in [3.63, 3.8) is 0 Å². The van der Waals surface area contributed by atoms with Crippen LogP contribution >= 0.6 is 0 Å². The average molecular weight is 254 g/mol. The van der Waals surface area contributed by atoms with Crippen molar-refractivity contribution in [3.05, 3.63) is 47.7 Å². The Labute approximate surface area is 115 Å². The molecule has 0 spiro atoms. The maximum atomic E-state index is 4.34. The number of aromatic nitrogens is 1. The molecule has 0 bridgehead atoms. The van der Waals surface area contributed by atoms with Crippen molar-refractivity contribution < 1.29 is 0 Å². The predicted molar refractivity (Wildman–Crippen MR) is 83.1 cm³/mol. The molecule has 1 N–H and O–H groups in total. The van der Waals surface area contributed by atoms with Crippen molar-refractivity contribution in [2.75, 3.05) is 13.1 Å². The van der Waals surface area contributed by atoms with E-state index in [1.54, 1.807) is 0 Å². The van der Waals surface area contributed by atoms with Crippen LogP contribution in [-0.2, 0) is 0 Å².